The number of phenolic OH excluding ortho intramolecular Hbond substituents is 1. The molecule has 3 atom stereocenters. The van der Waals surface area contributed by atoms with Crippen molar-refractivity contribution in [3.63, 3.8) is 0 Å². The number of hydrogen-bond acceptors (Lipinski definition) is 9. The fourth-order valence-electron chi connectivity index (χ4n) is 8.63. The number of ether oxygens (including phenoxy) is 1. The van der Waals surface area contributed by atoms with Crippen molar-refractivity contribution in [1.82, 2.24) is 29.6 Å². The summed E-state index contributed by atoms with van der Waals surface area (Å²) in [4.78, 5) is 31.9. The van der Waals surface area contributed by atoms with Crippen molar-refractivity contribution in [2.45, 2.75) is 76.9 Å². The molecule has 52 heavy (non-hydrogen) atoms. The average Bonchev–Trinajstić information content (AvgIpc) is 3.80. The van der Waals surface area contributed by atoms with Gasteiger partial charge in [0.15, 0.2) is 5.82 Å². The fourth-order valence-corrected chi connectivity index (χ4v) is 8.63. The Hall–Kier alpha value is -4.78. The zero-order valence-electron chi connectivity index (χ0n) is 29.4. The summed E-state index contributed by atoms with van der Waals surface area (Å²) >= 11 is 0. The molecular weight excluding hydrogens is 671 g/mol. The molecule has 13 heteroatoms. The smallest absolute Gasteiger partial charge is 0.319 e. The Labute approximate surface area is 299 Å². The number of rotatable bonds is 7. The molecule has 3 aromatic heterocycles. The number of nitrogens with zero attached hydrogens (tertiary/aromatic N) is 7. The summed E-state index contributed by atoms with van der Waals surface area (Å²) in [6.07, 6.45) is 7.88. The third kappa shape index (κ3) is 6.12. The highest BCUT2D eigenvalue weighted by atomic mass is 19.1. The Bertz CT molecular complexity index is 2180. The lowest BCUT2D eigenvalue weighted by Gasteiger charge is -2.32. The van der Waals surface area contributed by atoms with Crippen LogP contribution in [-0.2, 0) is 6.42 Å². The molecule has 0 saturated carbocycles. The number of anilines is 1. The van der Waals surface area contributed by atoms with E-state index in [1.54, 1.807) is 18.3 Å². The number of fused-ring (bicyclic) bond motifs is 3. The van der Waals surface area contributed by atoms with E-state index in [2.05, 4.69) is 20.0 Å². The van der Waals surface area contributed by atoms with Crippen LogP contribution in [0, 0.1) is 24.5 Å². The lowest BCUT2D eigenvalue weighted by Crippen LogP contribution is -2.43. The third-order valence-electron chi connectivity index (χ3n) is 11.2. The van der Waals surface area contributed by atoms with Crippen LogP contribution in [-0.4, -0.2) is 85.1 Å². The molecule has 3 fully saturated rings. The second-order valence-electron chi connectivity index (χ2n) is 14.6. The van der Waals surface area contributed by atoms with Gasteiger partial charge in [-0.05, 0) is 86.2 Å². The minimum atomic E-state index is -0.952. The second-order valence-corrected chi connectivity index (χ2v) is 14.6. The first-order valence-corrected chi connectivity index (χ1v) is 18.3. The number of alkyl halides is 1. The molecule has 0 aliphatic carbocycles. The maximum absolute atomic E-state index is 17.1. The summed E-state index contributed by atoms with van der Waals surface area (Å²) < 4.78 is 54.6. The Morgan fingerprint density at radius 1 is 1.08 bits per heavy atom. The zero-order chi connectivity index (χ0) is 36.1. The maximum atomic E-state index is 17.1. The van der Waals surface area contributed by atoms with Crippen LogP contribution in [0.25, 0.3) is 32.9 Å². The van der Waals surface area contributed by atoms with Gasteiger partial charge in [0.25, 0.3) is 5.91 Å². The first kappa shape index (κ1) is 34.3. The highest BCUT2D eigenvalue weighted by Crippen LogP contribution is 2.42. The van der Waals surface area contributed by atoms with E-state index in [1.165, 1.54) is 29.1 Å². The van der Waals surface area contributed by atoms with E-state index >= 15 is 8.78 Å². The molecule has 3 saturated heterocycles. The van der Waals surface area contributed by atoms with Gasteiger partial charge in [0, 0.05) is 44.0 Å². The van der Waals surface area contributed by atoms with E-state index in [1.807, 2.05) is 18.7 Å². The van der Waals surface area contributed by atoms with Crippen LogP contribution in [0.3, 0.4) is 0 Å². The first-order chi connectivity index (χ1) is 25.1. The summed E-state index contributed by atoms with van der Waals surface area (Å²) in [5.74, 6) is -1.47. The molecule has 2 aromatic carbocycles. The Kier molecular flexibility index (Phi) is 9.01. The van der Waals surface area contributed by atoms with E-state index in [-0.39, 0.29) is 41.0 Å². The van der Waals surface area contributed by atoms with Crippen molar-refractivity contribution in [3.8, 4) is 23.0 Å². The van der Waals surface area contributed by atoms with Crippen molar-refractivity contribution in [1.29, 1.82) is 0 Å². The largest absolute Gasteiger partial charge is 0.508 e. The number of pyridine rings is 1. The van der Waals surface area contributed by atoms with Crippen LogP contribution < -0.4 is 9.64 Å². The fraction of sp³-hybridized carbons (Fsp3) is 0.462. The quantitative estimate of drug-likeness (QED) is 0.188. The van der Waals surface area contributed by atoms with Gasteiger partial charge in [0.05, 0.1) is 22.5 Å². The minimum Gasteiger partial charge on any atom is -0.508 e. The molecule has 0 radical (unpaired) electrons. The van der Waals surface area contributed by atoms with E-state index in [0.717, 1.165) is 44.3 Å². The van der Waals surface area contributed by atoms with Crippen LogP contribution in [0.2, 0.25) is 0 Å². The number of benzene rings is 2. The van der Waals surface area contributed by atoms with Crippen LogP contribution in [0.5, 0.6) is 11.8 Å². The maximum Gasteiger partial charge on any atom is 0.319 e. The van der Waals surface area contributed by atoms with E-state index in [4.69, 9.17) is 9.72 Å². The van der Waals surface area contributed by atoms with Crippen molar-refractivity contribution >= 4 is 33.4 Å². The van der Waals surface area contributed by atoms with Crippen molar-refractivity contribution < 1.29 is 27.8 Å². The summed E-state index contributed by atoms with van der Waals surface area (Å²) in [6.45, 7) is 5.80. The molecule has 1 unspecified atom stereocenters. The van der Waals surface area contributed by atoms with Gasteiger partial charge in [-0.2, -0.15) is 15.1 Å². The van der Waals surface area contributed by atoms with Gasteiger partial charge in [-0.3, -0.25) is 14.7 Å². The molecule has 0 spiro atoms. The summed E-state index contributed by atoms with van der Waals surface area (Å²) in [5, 5.41) is 16.4. The predicted molar refractivity (Wildman–Crippen MR) is 192 cm³/mol. The molecular formula is C39H42F3N7O3. The van der Waals surface area contributed by atoms with Crippen molar-refractivity contribution in [2.75, 3.05) is 37.7 Å². The summed E-state index contributed by atoms with van der Waals surface area (Å²) in [6, 6.07) is 7.54. The number of aromatic nitrogens is 5. The number of halogens is 3. The Balaban J connectivity index is 1.26. The van der Waals surface area contributed by atoms with Crippen LogP contribution in [0.4, 0.5) is 19.0 Å². The molecule has 1 N–H and O–H groups in total. The van der Waals surface area contributed by atoms with Crippen LogP contribution in [0.1, 0.15) is 67.9 Å². The molecule has 3 aliphatic heterocycles. The topological polar surface area (TPSA) is 110 Å². The lowest BCUT2D eigenvalue weighted by molar-refractivity contribution is 0.0808. The normalized spacial score (nSPS) is 22.5. The van der Waals surface area contributed by atoms with Gasteiger partial charge in [-0.25, -0.2) is 17.9 Å². The molecule has 10 nitrogen and oxygen atoms in total. The monoisotopic (exact) mass is 713 g/mol. The summed E-state index contributed by atoms with van der Waals surface area (Å²) in [5.41, 5.74) is 0.719. The molecule has 0 bridgehead atoms. The number of aryl methyl sites for hydroxylation is 2. The molecule has 3 aliphatic rings. The number of carbonyl (C=O) groups excluding carboxylic acids is 1. The standard InChI is InChI=1S/C39H42F3N7O3/c1-3-28-31(41)10-9-24-16-27(50)17-29(32(24)28)34-33(42)35-30(19-43-34)36(45-38(44-35)52-22-39-12-7-14-48(39)21-26(40)18-39)47-13-6-4-5-8-25(20-47)37(51)49-15-11-23(2)46-49/h9-11,15-17,19,25-26,50H,3-8,12-14,18,20-22H2,1-2H3/t25?,26-,39+/m1/s1. The van der Waals surface area contributed by atoms with Gasteiger partial charge in [-0.15, -0.1) is 0 Å². The zero-order valence-corrected chi connectivity index (χ0v) is 29.4. The SMILES string of the molecule is CCc1c(F)ccc2cc(O)cc(-c3ncc4c(N5CCCCCC(C(=O)n6ccc(C)n6)C5)nc(OC[C@@]56CCCN5C[C@H](F)C6)nc4c3F)c12. The Morgan fingerprint density at radius 2 is 1.94 bits per heavy atom. The molecule has 8 rings (SSSR count). The molecule has 6 heterocycles. The van der Waals surface area contributed by atoms with Crippen LogP contribution in [0.15, 0.2) is 42.7 Å². The van der Waals surface area contributed by atoms with Gasteiger partial charge in [0.1, 0.15) is 41.4 Å². The predicted octanol–water partition coefficient (Wildman–Crippen LogP) is 7.19. The highest BCUT2D eigenvalue weighted by Gasteiger charge is 2.49. The molecule has 5 aromatic rings. The minimum absolute atomic E-state index is 0.0563. The van der Waals surface area contributed by atoms with Gasteiger partial charge >= 0.3 is 6.01 Å². The molecule has 272 valence electrons. The highest BCUT2D eigenvalue weighted by molar-refractivity contribution is 6.01. The number of aromatic hydroxyl groups is 1. The second kappa shape index (κ2) is 13.6. The van der Waals surface area contributed by atoms with Gasteiger partial charge < -0.3 is 14.7 Å². The van der Waals surface area contributed by atoms with E-state index in [0.29, 0.717) is 66.4 Å². The van der Waals surface area contributed by atoms with Crippen molar-refractivity contribution in [2.24, 2.45) is 5.92 Å². The third-order valence-corrected chi connectivity index (χ3v) is 11.2. The Morgan fingerprint density at radius 3 is 2.75 bits per heavy atom. The number of hydrogen-bond donors (Lipinski definition) is 1. The number of phenols is 1. The van der Waals surface area contributed by atoms with Crippen molar-refractivity contribution in [3.05, 3.63) is 65.6 Å². The van der Waals surface area contributed by atoms with Crippen LogP contribution >= 0.6 is 0 Å². The number of carbonyl (C=O) groups is 1. The van der Waals surface area contributed by atoms with Gasteiger partial charge in [0.2, 0.25) is 0 Å². The molecule has 0 amide bonds. The first-order valence-electron chi connectivity index (χ1n) is 18.3. The average molecular weight is 714 g/mol. The summed E-state index contributed by atoms with van der Waals surface area (Å²) in [7, 11) is 0. The van der Waals surface area contributed by atoms with E-state index in [9.17, 15) is 14.3 Å². The van der Waals surface area contributed by atoms with E-state index < -0.39 is 29.3 Å². The lowest BCUT2D eigenvalue weighted by atomic mass is 9.94. The van der Waals surface area contributed by atoms with Gasteiger partial charge in [-0.1, -0.05) is 25.8 Å².